The van der Waals surface area contributed by atoms with Crippen LogP contribution >= 0.6 is 0 Å². The van der Waals surface area contributed by atoms with Crippen molar-refractivity contribution >= 4 is 23.8 Å². The highest BCUT2D eigenvalue weighted by Crippen LogP contribution is 2.31. The van der Waals surface area contributed by atoms with Crippen LogP contribution in [0.1, 0.15) is 46.7 Å². The van der Waals surface area contributed by atoms with Crippen LogP contribution in [0.2, 0.25) is 0 Å². The number of amides is 1. The second kappa shape index (κ2) is 11.4. The Morgan fingerprint density at radius 2 is 1.86 bits per heavy atom. The number of nitrogens with zero attached hydrogens (tertiary/aromatic N) is 3. The van der Waals surface area contributed by atoms with Crippen LogP contribution in [-0.2, 0) is 22.6 Å². The van der Waals surface area contributed by atoms with Crippen LogP contribution in [0.15, 0.2) is 36.5 Å². The predicted molar refractivity (Wildman–Crippen MR) is 134 cm³/mol. The number of aromatic nitrogens is 3. The lowest BCUT2D eigenvalue weighted by atomic mass is 10.1. The van der Waals surface area contributed by atoms with Crippen molar-refractivity contribution in [2.45, 2.75) is 40.8 Å². The van der Waals surface area contributed by atoms with Gasteiger partial charge in [0, 0.05) is 41.2 Å². The van der Waals surface area contributed by atoms with Gasteiger partial charge in [-0.15, -0.1) is 0 Å². The highest BCUT2D eigenvalue weighted by Gasteiger charge is 2.22. The van der Waals surface area contributed by atoms with Crippen LogP contribution in [-0.4, -0.2) is 47.1 Å². The minimum Gasteiger partial charge on any atom is -0.493 e. The molecular weight excluding hydrogens is 448 g/mol. The fourth-order valence-electron chi connectivity index (χ4n) is 4.18. The van der Waals surface area contributed by atoms with Gasteiger partial charge >= 0.3 is 5.97 Å². The summed E-state index contributed by atoms with van der Waals surface area (Å²) in [5.74, 6) is 1.01. The van der Waals surface area contributed by atoms with Crippen molar-refractivity contribution in [3.05, 3.63) is 64.6 Å². The number of carbonyl (C=O) groups excluding carboxylic acids is 2. The maximum Gasteiger partial charge on any atom is 0.340 e. The van der Waals surface area contributed by atoms with E-state index < -0.39 is 5.97 Å². The molecule has 0 unspecified atom stereocenters. The Labute approximate surface area is 205 Å². The number of hydrogen-bond donors (Lipinski definition) is 1. The molecule has 0 atom stereocenters. The van der Waals surface area contributed by atoms with Crippen LogP contribution < -0.4 is 14.8 Å². The monoisotopic (exact) mass is 480 g/mol. The first-order valence-electron chi connectivity index (χ1n) is 11.4. The van der Waals surface area contributed by atoms with Crippen molar-refractivity contribution in [3.63, 3.8) is 0 Å². The number of rotatable bonds is 10. The van der Waals surface area contributed by atoms with Crippen molar-refractivity contribution in [1.82, 2.24) is 14.3 Å². The van der Waals surface area contributed by atoms with E-state index in [1.54, 1.807) is 44.2 Å². The number of hydrogen-bond acceptors (Lipinski definition) is 6. The van der Waals surface area contributed by atoms with E-state index in [0.29, 0.717) is 41.5 Å². The first-order chi connectivity index (χ1) is 16.9. The molecule has 9 heteroatoms. The molecule has 0 aliphatic rings. The molecule has 1 aromatic carbocycles. The van der Waals surface area contributed by atoms with E-state index in [1.165, 1.54) is 6.08 Å². The van der Waals surface area contributed by atoms with Crippen LogP contribution in [0.5, 0.6) is 11.5 Å². The maximum atomic E-state index is 12.8. The van der Waals surface area contributed by atoms with Gasteiger partial charge in [-0.1, -0.05) is 12.1 Å². The number of para-hydroxylation sites is 1. The Morgan fingerprint density at radius 3 is 2.51 bits per heavy atom. The number of methoxy groups -OCH3 is 2. The molecule has 0 aliphatic heterocycles. The number of ether oxygens (including phenoxy) is 3. The molecule has 3 rings (SSSR count). The van der Waals surface area contributed by atoms with Gasteiger partial charge in [0.1, 0.15) is 5.82 Å². The van der Waals surface area contributed by atoms with Crippen molar-refractivity contribution in [2.75, 3.05) is 26.1 Å². The average molecular weight is 481 g/mol. The molecule has 0 fully saturated rings. The molecule has 0 radical (unpaired) electrons. The van der Waals surface area contributed by atoms with Crippen molar-refractivity contribution in [2.24, 2.45) is 0 Å². The summed E-state index contributed by atoms with van der Waals surface area (Å²) in [6.07, 6.45) is 4.68. The van der Waals surface area contributed by atoms with Gasteiger partial charge in [-0.25, -0.2) is 9.48 Å². The van der Waals surface area contributed by atoms with Gasteiger partial charge in [0.05, 0.1) is 39.1 Å². The molecule has 3 aromatic rings. The summed E-state index contributed by atoms with van der Waals surface area (Å²) in [4.78, 5) is 25.4. The summed E-state index contributed by atoms with van der Waals surface area (Å²) in [5, 5.41) is 7.18. The molecule has 2 heterocycles. The van der Waals surface area contributed by atoms with Crippen LogP contribution in [0.4, 0.5) is 5.82 Å². The summed E-state index contributed by atoms with van der Waals surface area (Å²) in [5.41, 5.74) is 3.71. The molecule has 0 saturated heterocycles. The summed E-state index contributed by atoms with van der Waals surface area (Å²) < 4.78 is 19.8. The van der Waals surface area contributed by atoms with E-state index >= 15 is 0 Å². The second-order valence-electron chi connectivity index (χ2n) is 7.77. The second-order valence-corrected chi connectivity index (χ2v) is 7.77. The van der Waals surface area contributed by atoms with E-state index in [0.717, 1.165) is 17.0 Å². The maximum absolute atomic E-state index is 12.8. The van der Waals surface area contributed by atoms with Gasteiger partial charge in [-0.2, -0.15) is 5.10 Å². The Morgan fingerprint density at radius 1 is 1.09 bits per heavy atom. The zero-order valence-electron chi connectivity index (χ0n) is 21.0. The summed E-state index contributed by atoms with van der Waals surface area (Å²) >= 11 is 0. The third-order valence-electron chi connectivity index (χ3n) is 5.80. The largest absolute Gasteiger partial charge is 0.493 e. The van der Waals surface area contributed by atoms with Crippen LogP contribution in [0.25, 0.3) is 6.08 Å². The van der Waals surface area contributed by atoms with Crippen molar-refractivity contribution in [3.8, 4) is 11.5 Å². The number of anilines is 1. The molecule has 1 N–H and O–H groups in total. The molecule has 0 saturated carbocycles. The predicted octanol–water partition coefficient (Wildman–Crippen LogP) is 4.22. The Balaban J connectivity index is 1.83. The fourth-order valence-corrected chi connectivity index (χ4v) is 4.18. The molecule has 0 bridgehead atoms. The van der Waals surface area contributed by atoms with Crippen LogP contribution in [0, 0.1) is 13.8 Å². The topological polar surface area (TPSA) is 96.6 Å². The smallest absolute Gasteiger partial charge is 0.340 e. The Hall–Kier alpha value is -4.01. The number of benzene rings is 1. The van der Waals surface area contributed by atoms with E-state index in [2.05, 4.69) is 10.4 Å². The quantitative estimate of drug-likeness (QED) is 0.345. The van der Waals surface area contributed by atoms with Gasteiger partial charge in [-0.3, -0.25) is 4.79 Å². The van der Waals surface area contributed by atoms with E-state index in [1.807, 2.05) is 43.5 Å². The SMILES string of the molecule is CCOC(=O)c1c(/C=C/C(=O)Nc2ccnn2Cc2cccc(OC)c2OC)c(C)n(CC)c1C. The lowest BCUT2D eigenvalue weighted by molar-refractivity contribution is -0.111. The zero-order chi connectivity index (χ0) is 25.5. The normalized spacial score (nSPS) is 11.0. The van der Waals surface area contributed by atoms with Gasteiger partial charge in [0.2, 0.25) is 5.91 Å². The van der Waals surface area contributed by atoms with Gasteiger partial charge in [0.15, 0.2) is 11.5 Å². The minimum absolute atomic E-state index is 0.278. The fraction of sp³-hybridized carbons (Fsp3) is 0.346. The first kappa shape index (κ1) is 25.6. The van der Waals surface area contributed by atoms with Crippen molar-refractivity contribution < 1.29 is 23.8 Å². The Kier molecular flexibility index (Phi) is 8.35. The summed E-state index contributed by atoms with van der Waals surface area (Å²) in [7, 11) is 3.16. The van der Waals surface area contributed by atoms with Gasteiger partial charge in [-0.05, 0) is 39.8 Å². The standard InChI is InChI=1S/C26H32N4O5/c1-7-29-17(3)20(24(18(29)4)26(32)35-8-2)12-13-23(31)28-22-14-15-27-30(22)16-19-10-9-11-21(33-5)25(19)34-6/h9-15H,7-8,16H2,1-6H3,(H,28,31)/b13-12+. The molecule has 0 aliphatic carbocycles. The number of esters is 1. The van der Waals surface area contributed by atoms with Crippen molar-refractivity contribution in [1.29, 1.82) is 0 Å². The third-order valence-corrected chi connectivity index (χ3v) is 5.80. The van der Waals surface area contributed by atoms with Gasteiger partial charge in [0.25, 0.3) is 0 Å². The lowest BCUT2D eigenvalue weighted by Gasteiger charge is -2.14. The highest BCUT2D eigenvalue weighted by atomic mass is 16.5. The van der Waals surface area contributed by atoms with E-state index in [4.69, 9.17) is 14.2 Å². The Bertz CT molecular complexity index is 1240. The van der Waals surface area contributed by atoms with E-state index in [-0.39, 0.29) is 12.5 Å². The summed E-state index contributed by atoms with van der Waals surface area (Å²) in [6.45, 7) is 8.94. The molecular formula is C26H32N4O5. The highest BCUT2D eigenvalue weighted by molar-refractivity contribution is 6.03. The molecule has 9 nitrogen and oxygen atoms in total. The molecule has 186 valence electrons. The first-order valence-corrected chi connectivity index (χ1v) is 11.4. The molecule has 35 heavy (non-hydrogen) atoms. The van der Waals surface area contributed by atoms with Gasteiger partial charge < -0.3 is 24.1 Å². The summed E-state index contributed by atoms with van der Waals surface area (Å²) in [6, 6.07) is 7.31. The minimum atomic E-state index is -0.398. The lowest BCUT2D eigenvalue weighted by Crippen LogP contribution is -2.14. The third kappa shape index (κ3) is 5.40. The zero-order valence-corrected chi connectivity index (χ0v) is 21.0. The van der Waals surface area contributed by atoms with Crippen LogP contribution in [0.3, 0.4) is 0 Å². The molecule has 1 amide bonds. The number of carbonyl (C=O) groups is 2. The average Bonchev–Trinajstić information content (AvgIpc) is 3.37. The van der Waals surface area contributed by atoms with E-state index in [9.17, 15) is 9.59 Å². The number of nitrogens with one attached hydrogen (secondary N) is 1. The molecule has 2 aromatic heterocycles. The molecule has 0 spiro atoms.